The lowest BCUT2D eigenvalue weighted by atomic mass is 9.99. The second-order valence-electron chi connectivity index (χ2n) is 3.74. The molecule has 2 aromatic rings. The van der Waals surface area contributed by atoms with Crippen molar-refractivity contribution in [1.29, 1.82) is 0 Å². The van der Waals surface area contributed by atoms with E-state index in [9.17, 15) is 9.50 Å². The summed E-state index contributed by atoms with van der Waals surface area (Å²) < 4.78 is 12.8. The minimum atomic E-state index is -0.282. The Morgan fingerprint density at radius 1 is 0.941 bits per heavy atom. The average molecular weight is 232 g/mol. The van der Waals surface area contributed by atoms with Gasteiger partial charge in [0.15, 0.2) is 0 Å². The number of halogens is 1. The van der Waals surface area contributed by atoms with Crippen LogP contribution in [0.15, 0.2) is 48.5 Å². The third-order valence-corrected chi connectivity index (χ3v) is 2.60. The number of rotatable bonds is 3. The summed E-state index contributed by atoms with van der Waals surface area (Å²) in [6.45, 7) is 0. The smallest absolute Gasteiger partial charge is 0.123 e. The number of aromatic hydroxyl groups is 1. The second-order valence-corrected chi connectivity index (χ2v) is 3.74. The fourth-order valence-corrected chi connectivity index (χ4v) is 1.71. The van der Waals surface area contributed by atoms with Crippen LogP contribution in [-0.4, -0.2) is 5.11 Å². The molecule has 0 heterocycles. The lowest BCUT2D eigenvalue weighted by Gasteiger charge is -2.16. The molecule has 0 bridgehead atoms. The molecule has 0 aliphatic rings. The van der Waals surface area contributed by atoms with Gasteiger partial charge in [0.1, 0.15) is 11.6 Å². The highest BCUT2D eigenvalue weighted by Gasteiger charge is 2.11. The Balaban J connectivity index is 2.33. The zero-order valence-electron chi connectivity index (χ0n) is 9.10. The summed E-state index contributed by atoms with van der Waals surface area (Å²) in [6, 6.07) is 12.6. The van der Waals surface area contributed by atoms with E-state index in [2.05, 4.69) is 5.43 Å². The van der Waals surface area contributed by atoms with E-state index in [0.717, 1.165) is 11.1 Å². The molecule has 2 aromatic carbocycles. The number of phenolic OH excluding ortho intramolecular Hbond substituents is 1. The van der Waals surface area contributed by atoms with E-state index >= 15 is 0 Å². The highest BCUT2D eigenvalue weighted by atomic mass is 19.1. The third kappa shape index (κ3) is 2.61. The Kier molecular flexibility index (Phi) is 3.37. The molecule has 0 unspecified atom stereocenters. The number of hydrogen-bond acceptors (Lipinski definition) is 3. The van der Waals surface area contributed by atoms with Crippen LogP contribution in [0.3, 0.4) is 0 Å². The van der Waals surface area contributed by atoms with Gasteiger partial charge in [0.2, 0.25) is 0 Å². The Morgan fingerprint density at radius 2 is 1.41 bits per heavy atom. The Bertz CT molecular complexity index is 436. The van der Waals surface area contributed by atoms with E-state index in [4.69, 9.17) is 5.84 Å². The molecule has 3 nitrogen and oxygen atoms in total. The Labute approximate surface area is 98.7 Å². The maximum atomic E-state index is 12.8. The molecular formula is C13H13FN2O. The predicted molar refractivity (Wildman–Crippen MR) is 63.7 cm³/mol. The van der Waals surface area contributed by atoms with Gasteiger partial charge in [-0.05, 0) is 35.4 Å². The van der Waals surface area contributed by atoms with Gasteiger partial charge in [0.05, 0.1) is 6.04 Å². The first kappa shape index (κ1) is 11.6. The van der Waals surface area contributed by atoms with Crippen LogP contribution >= 0.6 is 0 Å². The largest absolute Gasteiger partial charge is 0.508 e. The van der Waals surface area contributed by atoms with Crippen LogP contribution in [0.2, 0.25) is 0 Å². The van der Waals surface area contributed by atoms with E-state index < -0.39 is 0 Å². The second kappa shape index (κ2) is 4.95. The molecule has 0 saturated heterocycles. The van der Waals surface area contributed by atoms with Gasteiger partial charge < -0.3 is 5.11 Å². The first-order valence-electron chi connectivity index (χ1n) is 5.21. The highest BCUT2D eigenvalue weighted by molar-refractivity contribution is 5.34. The fraction of sp³-hybridized carbons (Fsp3) is 0.0769. The van der Waals surface area contributed by atoms with Gasteiger partial charge in [-0.25, -0.2) is 9.82 Å². The van der Waals surface area contributed by atoms with Crippen LogP contribution in [0.1, 0.15) is 17.2 Å². The third-order valence-electron chi connectivity index (χ3n) is 2.60. The van der Waals surface area contributed by atoms with E-state index in [1.807, 2.05) is 0 Å². The first-order chi connectivity index (χ1) is 8.20. The lowest BCUT2D eigenvalue weighted by molar-refractivity contribution is 0.474. The van der Waals surface area contributed by atoms with Gasteiger partial charge in [-0.1, -0.05) is 24.3 Å². The van der Waals surface area contributed by atoms with Gasteiger partial charge in [0.25, 0.3) is 0 Å². The van der Waals surface area contributed by atoms with E-state index in [0.29, 0.717) is 0 Å². The van der Waals surface area contributed by atoms with E-state index in [-0.39, 0.29) is 17.6 Å². The summed E-state index contributed by atoms with van der Waals surface area (Å²) in [5.41, 5.74) is 4.43. The molecule has 0 saturated carbocycles. The summed E-state index contributed by atoms with van der Waals surface area (Å²) >= 11 is 0. The molecule has 4 heteroatoms. The zero-order chi connectivity index (χ0) is 12.3. The topological polar surface area (TPSA) is 58.3 Å². The van der Waals surface area contributed by atoms with Crippen LogP contribution < -0.4 is 11.3 Å². The molecule has 0 aromatic heterocycles. The molecule has 0 aliphatic heterocycles. The number of hydrogen-bond donors (Lipinski definition) is 3. The van der Waals surface area contributed by atoms with Crippen molar-refractivity contribution in [2.45, 2.75) is 6.04 Å². The summed E-state index contributed by atoms with van der Waals surface area (Å²) in [5.74, 6) is 5.42. The number of nitrogens with one attached hydrogen (secondary N) is 1. The highest BCUT2D eigenvalue weighted by Crippen LogP contribution is 2.23. The summed E-state index contributed by atoms with van der Waals surface area (Å²) in [7, 11) is 0. The van der Waals surface area contributed by atoms with Gasteiger partial charge in [0, 0.05) is 0 Å². The van der Waals surface area contributed by atoms with Crippen molar-refractivity contribution in [3.63, 3.8) is 0 Å². The van der Waals surface area contributed by atoms with Crippen molar-refractivity contribution in [1.82, 2.24) is 5.43 Å². The molecule has 17 heavy (non-hydrogen) atoms. The average Bonchev–Trinajstić information content (AvgIpc) is 2.35. The molecular weight excluding hydrogens is 219 g/mol. The lowest BCUT2D eigenvalue weighted by Crippen LogP contribution is -2.28. The van der Waals surface area contributed by atoms with Crippen molar-refractivity contribution < 1.29 is 9.50 Å². The van der Waals surface area contributed by atoms with Crippen LogP contribution in [0.4, 0.5) is 4.39 Å². The van der Waals surface area contributed by atoms with Gasteiger partial charge in [-0.2, -0.15) is 0 Å². The minimum Gasteiger partial charge on any atom is -0.508 e. The van der Waals surface area contributed by atoms with E-state index in [1.165, 1.54) is 12.1 Å². The molecule has 0 fully saturated rings. The number of nitrogens with two attached hydrogens (primary N) is 1. The van der Waals surface area contributed by atoms with Crippen LogP contribution in [-0.2, 0) is 0 Å². The number of benzene rings is 2. The van der Waals surface area contributed by atoms with Gasteiger partial charge in [-0.3, -0.25) is 5.84 Å². The monoisotopic (exact) mass is 232 g/mol. The molecule has 0 aliphatic carbocycles. The summed E-state index contributed by atoms with van der Waals surface area (Å²) in [5, 5.41) is 9.22. The quantitative estimate of drug-likeness (QED) is 0.561. The van der Waals surface area contributed by atoms with Crippen molar-refractivity contribution in [3.05, 3.63) is 65.5 Å². The fourth-order valence-electron chi connectivity index (χ4n) is 1.71. The molecule has 1 atom stereocenters. The van der Waals surface area contributed by atoms with Crippen molar-refractivity contribution in [3.8, 4) is 5.75 Å². The molecule has 0 spiro atoms. The SMILES string of the molecule is NN[C@@H](c1ccc(O)cc1)c1ccc(F)cc1. The molecule has 4 N–H and O–H groups in total. The maximum absolute atomic E-state index is 12.8. The standard InChI is InChI=1S/C13H13FN2O/c14-11-5-1-9(2-6-11)13(16-15)10-3-7-12(17)8-4-10/h1-8,13,16-17H,15H2/t13-/m1/s1. The van der Waals surface area contributed by atoms with Crippen LogP contribution in [0.25, 0.3) is 0 Å². The van der Waals surface area contributed by atoms with Crippen molar-refractivity contribution >= 4 is 0 Å². The molecule has 0 radical (unpaired) electrons. The Hall–Kier alpha value is -1.91. The number of hydrazine groups is 1. The molecule has 2 rings (SSSR count). The van der Waals surface area contributed by atoms with Gasteiger partial charge >= 0.3 is 0 Å². The molecule has 88 valence electrons. The zero-order valence-corrected chi connectivity index (χ0v) is 9.10. The minimum absolute atomic E-state index is 0.198. The first-order valence-corrected chi connectivity index (χ1v) is 5.21. The van der Waals surface area contributed by atoms with Crippen molar-refractivity contribution in [2.24, 2.45) is 5.84 Å². The maximum Gasteiger partial charge on any atom is 0.123 e. The summed E-state index contributed by atoms with van der Waals surface area (Å²) in [6.07, 6.45) is 0. The van der Waals surface area contributed by atoms with Gasteiger partial charge in [-0.15, -0.1) is 0 Å². The van der Waals surface area contributed by atoms with Crippen LogP contribution in [0.5, 0.6) is 5.75 Å². The summed E-state index contributed by atoms with van der Waals surface area (Å²) in [4.78, 5) is 0. The molecule has 0 amide bonds. The normalized spacial score (nSPS) is 12.4. The van der Waals surface area contributed by atoms with Crippen LogP contribution in [0, 0.1) is 5.82 Å². The predicted octanol–water partition coefficient (Wildman–Crippen LogP) is 2.08. The van der Waals surface area contributed by atoms with Crippen molar-refractivity contribution in [2.75, 3.05) is 0 Å². The van der Waals surface area contributed by atoms with E-state index in [1.54, 1.807) is 36.4 Å². The number of phenols is 1. The Morgan fingerprint density at radius 3 is 1.88 bits per heavy atom.